The number of fused-ring (bicyclic) bond motifs is 2. The van der Waals surface area contributed by atoms with Gasteiger partial charge in [0.05, 0.1) is 17.6 Å². The molecule has 150 valence electrons. The number of H-pyrrole nitrogens is 1. The Labute approximate surface area is 173 Å². The van der Waals surface area contributed by atoms with Gasteiger partial charge in [-0.25, -0.2) is 9.78 Å². The molecular weight excluding hydrogens is 384 g/mol. The van der Waals surface area contributed by atoms with Crippen LogP contribution in [-0.4, -0.2) is 16.6 Å². The van der Waals surface area contributed by atoms with Crippen molar-refractivity contribution in [2.45, 2.75) is 44.5 Å². The van der Waals surface area contributed by atoms with Crippen molar-refractivity contribution in [2.24, 2.45) is 0 Å². The zero-order chi connectivity index (χ0) is 20.5. The fraction of sp³-hybridized carbons (Fsp3) is 0.304. The van der Waals surface area contributed by atoms with Gasteiger partial charge in [-0.3, -0.25) is 0 Å². The Morgan fingerprint density at radius 2 is 2.03 bits per heavy atom. The minimum Gasteiger partial charge on any atom is -0.494 e. The van der Waals surface area contributed by atoms with Crippen LogP contribution in [0.25, 0.3) is 22.0 Å². The van der Waals surface area contributed by atoms with Crippen molar-refractivity contribution in [3.05, 3.63) is 63.5 Å². The van der Waals surface area contributed by atoms with E-state index in [1.165, 1.54) is 5.56 Å². The first kappa shape index (κ1) is 19.6. The summed E-state index contributed by atoms with van der Waals surface area (Å²) in [5.41, 5.74) is 5.52. The number of nitrogens with one attached hydrogen (secondary N) is 1. The van der Waals surface area contributed by atoms with Crippen molar-refractivity contribution in [3.8, 4) is 5.75 Å². The van der Waals surface area contributed by atoms with E-state index in [0.717, 1.165) is 38.5 Å². The summed E-state index contributed by atoms with van der Waals surface area (Å²) in [6, 6.07) is 11.5. The Bertz CT molecular complexity index is 1240. The minimum atomic E-state index is -0.323. The molecule has 0 spiro atoms. The van der Waals surface area contributed by atoms with Gasteiger partial charge in [-0.2, -0.15) is 0 Å². The van der Waals surface area contributed by atoms with E-state index in [1.54, 1.807) is 17.8 Å². The number of ether oxygens (including phenoxy) is 1. The van der Waals surface area contributed by atoms with Crippen molar-refractivity contribution in [3.63, 3.8) is 0 Å². The van der Waals surface area contributed by atoms with Crippen LogP contribution in [0.5, 0.6) is 5.75 Å². The van der Waals surface area contributed by atoms with Gasteiger partial charge in [-0.15, -0.1) is 0 Å². The maximum absolute atomic E-state index is 12.1. The second kappa shape index (κ2) is 7.95. The SMILES string of the molecule is CCOc1ccc2nc(SCc3cc(=O)oc4cc(C)c(C(C)C)cc34)[nH]c2c1. The number of thioether (sulfide) groups is 1. The zero-order valence-electron chi connectivity index (χ0n) is 17.0. The summed E-state index contributed by atoms with van der Waals surface area (Å²) in [6.45, 7) is 8.99. The number of hydrogen-bond acceptors (Lipinski definition) is 5. The monoisotopic (exact) mass is 408 g/mol. The molecule has 0 saturated heterocycles. The van der Waals surface area contributed by atoms with Crippen LogP contribution in [-0.2, 0) is 5.75 Å². The number of aryl methyl sites for hydroxylation is 1. The maximum atomic E-state index is 12.1. The van der Waals surface area contributed by atoms with Gasteiger partial charge in [-0.1, -0.05) is 25.6 Å². The molecule has 0 saturated carbocycles. The molecule has 2 aromatic heterocycles. The Hall–Kier alpha value is -2.73. The normalized spacial score (nSPS) is 11.6. The average Bonchev–Trinajstić information content (AvgIpc) is 3.07. The Morgan fingerprint density at radius 1 is 1.21 bits per heavy atom. The summed E-state index contributed by atoms with van der Waals surface area (Å²) >= 11 is 1.57. The third kappa shape index (κ3) is 4.03. The van der Waals surface area contributed by atoms with Crippen LogP contribution in [0.4, 0.5) is 0 Å². The van der Waals surface area contributed by atoms with Crippen LogP contribution in [0.3, 0.4) is 0 Å². The van der Waals surface area contributed by atoms with Crippen molar-refractivity contribution in [1.29, 1.82) is 0 Å². The number of benzene rings is 2. The second-order valence-corrected chi connectivity index (χ2v) is 8.36. The number of hydrogen-bond donors (Lipinski definition) is 1. The van der Waals surface area contributed by atoms with Gasteiger partial charge in [0.15, 0.2) is 5.16 Å². The number of aromatic nitrogens is 2. The molecule has 1 N–H and O–H groups in total. The Kier molecular flexibility index (Phi) is 5.37. The molecule has 4 rings (SSSR count). The lowest BCUT2D eigenvalue weighted by Crippen LogP contribution is -2.02. The molecule has 2 aromatic carbocycles. The van der Waals surface area contributed by atoms with E-state index in [0.29, 0.717) is 23.9 Å². The third-order valence-electron chi connectivity index (χ3n) is 4.95. The van der Waals surface area contributed by atoms with Crippen LogP contribution in [0.15, 0.2) is 50.8 Å². The fourth-order valence-corrected chi connectivity index (χ4v) is 4.45. The Balaban J connectivity index is 1.66. The molecule has 6 heteroatoms. The fourth-order valence-electron chi connectivity index (χ4n) is 3.57. The van der Waals surface area contributed by atoms with E-state index < -0.39 is 0 Å². The van der Waals surface area contributed by atoms with E-state index in [9.17, 15) is 4.79 Å². The number of aromatic amines is 1. The predicted octanol–water partition coefficient (Wildman–Crippen LogP) is 5.79. The van der Waals surface area contributed by atoms with E-state index in [-0.39, 0.29) is 5.63 Å². The van der Waals surface area contributed by atoms with Gasteiger partial charge in [-0.05, 0) is 60.7 Å². The van der Waals surface area contributed by atoms with E-state index in [4.69, 9.17) is 9.15 Å². The molecule has 0 amide bonds. The number of rotatable bonds is 6. The highest BCUT2D eigenvalue weighted by molar-refractivity contribution is 7.98. The van der Waals surface area contributed by atoms with Gasteiger partial charge >= 0.3 is 5.63 Å². The van der Waals surface area contributed by atoms with E-state index in [1.807, 2.05) is 31.2 Å². The van der Waals surface area contributed by atoms with Gasteiger partial charge in [0.1, 0.15) is 11.3 Å². The highest BCUT2D eigenvalue weighted by Gasteiger charge is 2.13. The second-order valence-electron chi connectivity index (χ2n) is 7.39. The van der Waals surface area contributed by atoms with Crippen molar-refractivity contribution < 1.29 is 9.15 Å². The van der Waals surface area contributed by atoms with Crippen molar-refractivity contribution in [1.82, 2.24) is 9.97 Å². The standard InChI is InChI=1S/C23H24N2O3S/c1-5-27-16-6-7-19-20(10-16)25-23(24-19)29-12-15-9-22(26)28-21-8-14(4)17(13(2)3)11-18(15)21/h6-11,13H,5,12H2,1-4H3,(H,24,25). The van der Waals surface area contributed by atoms with Gasteiger partial charge in [0.25, 0.3) is 0 Å². The minimum absolute atomic E-state index is 0.323. The summed E-state index contributed by atoms with van der Waals surface area (Å²) in [5, 5.41) is 1.80. The molecule has 0 bridgehead atoms. The molecule has 0 atom stereocenters. The predicted molar refractivity (Wildman–Crippen MR) is 118 cm³/mol. The van der Waals surface area contributed by atoms with Crippen molar-refractivity contribution >= 4 is 33.8 Å². The molecule has 0 unspecified atom stereocenters. The first-order chi connectivity index (χ1) is 13.9. The van der Waals surface area contributed by atoms with Crippen LogP contribution < -0.4 is 10.4 Å². The van der Waals surface area contributed by atoms with Crippen LogP contribution in [0, 0.1) is 6.92 Å². The topological polar surface area (TPSA) is 68.1 Å². The molecule has 0 radical (unpaired) electrons. The lowest BCUT2D eigenvalue weighted by atomic mass is 9.95. The first-order valence-electron chi connectivity index (χ1n) is 9.77. The zero-order valence-corrected chi connectivity index (χ0v) is 17.9. The molecule has 2 heterocycles. The van der Waals surface area contributed by atoms with Gasteiger partial charge in [0, 0.05) is 23.3 Å². The lowest BCUT2D eigenvalue weighted by molar-refractivity contribution is 0.340. The molecule has 0 fully saturated rings. The van der Waals surface area contributed by atoms with Gasteiger partial charge < -0.3 is 14.1 Å². The Morgan fingerprint density at radius 3 is 2.79 bits per heavy atom. The highest BCUT2D eigenvalue weighted by Crippen LogP contribution is 2.31. The molecule has 0 aliphatic rings. The molecule has 4 aromatic rings. The summed E-state index contributed by atoms with van der Waals surface area (Å²) in [7, 11) is 0. The molecule has 0 aliphatic heterocycles. The third-order valence-corrected chi connectivity index (χ3v) is 5.87. The summed E-state index contributed by atoms with van der Waals surface area (Å²) in [5.74, 6) is 1.85. The van der Waals surface area contributed by atoms with E-state index in [2.05, 4.69) is 36.8 Å². The lowest BCUT2D eigenvalue weighted by Gasteiger charge is -2.12. The first-order valence-corrected chi connectivity index (χ1v) is 10.8. The summed E-state index contributed by atoms with van der Waals surface area (Å²) in [4.78, 5) is 20.1. The highest BCUT2D eigenvalue weighted by atomic mass is 32.2. The number of imidazole rings is 1. The summed E-state index contributed by atoms with van der Waals surface area (Å²) in [6.07, 6.45) is 0. The number of nitrogens with zero attached hydrogens (tertiary/aromatic N) is 1. The molecule has 0 aliphatic carbocycles. The largest absolute Gasteiger partial charge is 0.494 e. The van der Waals surface area contributed by atoms with E-state index >= 15 is 0 Å². The van der Waals surface area contributed by atoms with Crippen molar-refractivity contribution in [2.75, 3.05) is 6.61 Å². The van der Waals surface area contributed by atoms with Crippen LogP contribution >= 0.6 is 11.8 Å². The quantitative estimate of drug-likeness (QED) is 0.323. The molecule has 5 nitrogen and oxygen atoms in total. The van der Waals surface area contributed by atoms with Crippen LogP contribution in [0.1, 0.15) is 43.4 Å². The van der Waals surface area contributed by atoms with Gasteiger partial charge in [0.2, 0.25) is 0 Å². The summed E-state index contributed by atoms with van der Waals surface area (Å²) < 4.78 is 11.0. The molecule has 29 heavy (non-hydrogen) atoms. The molecular formula is C23H24N2O3S. The average molecular weight is 409 g/mol. The smallest absolute Gasteiger partial charge is 0.336 e. The van der Waals surface area contributed by atoms with Crippen LogP contribution in [0.2, 0.25) is 0 Å². The maximum Gasteiger partial charge on any atom is 0.336 e.